The Bertz CT molecular complexity index is 291. The molecule has 14 heavy (non-hydrogen) atoms. The SMILES string of the molecule is Cc1ccsc1CN(C)CC1CNC1. The summed E-state index contributed by atoms with van der Waals surface area (Å²) in [5.74, 6) is 0.875. The van der Waals surface area contributed by atoms with Gasteiger partial charge in [0.25, 0.3) is 0 Å². The van der Waals surface area contributed by atoms with Gasteiger partial charge in [-0.25, -0.2) is 0 Å². The third-order valence-electron chi connectivity index (χ3n) is 2.82. The second-order valence-corrected chi connectivity index (χ2v) is 5.25. The third-order valence-corrected chi connectivity index (χ3v) is 3.83. The molecule has 0 aromatic carbocycles. The van der Waals surface area contributed by atoms with E-state index in [0.717, 1.165) is 12.5 Å². The lowest BCUT2D eigenvalue weighted by Gasteiger charge is -2.31. The zero-order valence-corrected chi connectivity index (χ0v) is 9.73. The van der Waals surface area contributed by atoms with Crippen LogP contribution in [0.5, 0.6) is 0 Å². The van der Waals surface area contributed by atoms with Crippen LogP contribution in [0, 0.1) is 12.8 Å². The molecule has 1 aliphatic rings. The minimum Gasteiger partial charge on any atom is -0.316 e. The molecule has 0 spiro atoms. The van der Waals surface area contributed by atoms with Gasteiger partial charge in [-0.3, -0.25) is 0 Å². The van der Waals surface area contributed by atoms with Gasteiger partial charge in [-0.05, 0) is 36.9 Å². The van der Waals surface area contributed by atoms with Gasteiger partial charge < -0.3 is 10.2 Å². The van der Waals surface area contributed by atoms with Crippen molar-refractivity contribution in [3.05, 3.63) is 21.9 Å². The van der Waals surface area contributed by atoms with Crippen LogP contribution in [-0.4, -0.2) is 31.6 Å². The molecule has 0 amide bonds. The van der Waals surface area contributed by atoms with Gasteiger partial charge in [-0.1, -0.05) is 0 Å². The summed E-state index contributed by atoms with van der Waals surface area (Å²) < 4.78 is 0. The Kier molecular flexibility index (Phi) is 3.21. The zero-order chi connectivity index (χ0) is 9.97. The highest BCUT2D eigenvalue weighted by atomic mass is 32.1. The minimum atomic E-state index is 0.875. The van der Waals surface area contributed by atoms with Crippen molar-refractivity contribution < 1.29 is 0 Å². The molecule has 0 atom stereocenters. The molecule has 1 aromatic rings. The van der Waals surface area contributed by atoms with Crippen LogP contribution in [0.25, 0.3) is 0 Å². The molecule has 1 N–H and O–H groups in total. The highest BCUT2D eigenvalue weighted by Crippen LogP contribution is 2.18. The number of hydrogen-bond donors (Lipinski definition) is 1. The van der Waals surface area contributed by atoms with E-state index in [4.69, 9.17) is 0 Å². The summed E-state index contributed by atoms with van der Waals surface area (Å²) in [5, 5.41) is 5.50. The first-order valence-electron chi connectivity index (χ1n) is 5.18. The topological polar surface area (TPSA) is 15.3 Å². The number of nitrogens with zero attached hydrogens (tertiary/aromatic N) is 1. The van der Waals surface area contributed by atoms with Gasteiger partial charge in [-0.2, -0.15) is 0 Å². The summed E-state index contributed by atoms with van der Waals surface area (Å²) in [6.07, 6.45) is 0. The van der Waals surface area contributed by atoms with Crippen molar-refractivity contribution in [1.82, 2.24) is 10.2 Å². The normalized spacial score (nSPS) is 17.4. The van der Waals surface area contributed by atoms with Crippen molar-refractivity contribution in [2.45, 2.75) is 13.5 Å². The fourth-order valence-electron chi connectivity index (χ4n) is 1.79. The Morgan fingerprint density at radius 3 is 2.86 bits per heavy atom. The lowest BCUT2D eigenvalue weighted by atomic mass is 10.0. The first kappa shape index (κ1) is 10.1. The van der Waals surface area contributed by atoms with Crippen molar-refractivity contribution in [2.24, 2.45) is 5.92 Å². The quantitative estimate of drug-likeness (QED) is 0.814. The lowest BCUT2D eigenvalue weighted by Crippen LogP contribution is -2.47. The van der Waals surface area contributed by atoms with E-state index < -0.39 is 0 Å². The van der Waals surface area contributed by atoms with Gasteiger partial charge in [0, 0.05) is 31.1 Å². The highest BCUT2D eigenvalue weighted by molar-refractivity contribution is 7.10. The summed E-state index contributed by atoms with van der Waals surface area (Å²) in [5.41, 5.74) is 1.44. The number of aryl methyl sites for hydroxylation is 1. The molecule has 78 valence electrons. The second kappa shape index (κ2) is 4.43. The molecule has 0 unspecified atom stereocenters. The van der Waals surface area contributed by atoms with Gasteiger partial charge in [0.1, 0.15) is 0 Å². The fraction of sp³-hybridized carbons (Fsp3) is 0.636. The molecule has 3 heteroatoms. The molecule has 0 aliphatic carbocycles. The standard InChI is InChI=1S/C11H18N2S/c1-9-3-4-14-11(9)8-13(2)7-10-5-12-6-10/h3-4,10,12H,5-8H2,1-2H3. The maximum atomic E-state index is 3.31. The summed E-state index contributed by atoms with van der Waals surface area (Å²) in [6.45, 7) is 6.94. The maximum Gasteiger partial charge on any atom is 0.0327 e. The van der Waals surface area contributed by atoms with Crippen LogP contribution >= 0.6 is 11.3 Å². The monoisotopic (exact) mass is 210 g/mol. The molecule has 1 aromatic heterocycles. The molecule has 2 rings (SSSR count). The van der Waals surface area contributed by atoms with Crippen LogP contribution in [0.4, 0.5) is 0 Å². The van der Waals surface area contributed by atoms with Gasteiger partial charge in [0.2, 0.25) is 0 Å². The molecule has 0 bridgehead atoms. The number of nitrogens with one attached hydrogen (secondary N) is 1. The molecular formula is C11H18N2S. The van der Waals surface area contributed by atoms with Crippen LogP contribution in [0.15, 0.2) is 11.4 Å². The first-order chi connectivity index (χ1) is 6.75. The van der Waals surface area contributed by atoms with Crippen LogP contribution < -0.4 is 5.32 Å². The Labute approximate surface area is 89.9 Å². The molecule has 2 heterocycles. The third kappa shape index (κ3) is 2.35. The Balaban J connectivity index is 1.81. The smallest absolute Gasteiger partial charge is 0.0327 e. The minimum absolute atomic E-state index is 0.875. The van der Waals surface area contributed by atoms with Crippen LogP contribution in [0.2, 0.25) is 0 Å². The van der Waals surface area contributed by atoms with Crippen molar-refractivity contribution >= 4 is 11.3 Å². The van der Waals surface area contributed by atoms with E-state index in [1.807, 2.05) is 11.3 Å². The van der Waals surface area contributed by atoms with Crippen LogP contribution in [0.3, 0.4) is 0 Å². The summed E-state index contributed by atoms with van der Waals surface area (Å²) in [7, 11) is 2.22. The lowest BCUT2D eigenvalue weighted by molar-refractivity contribution is 0.219. The molecule has 2 nitrogen and oxygen atoms in total. The van der Waals surface area contributed by atoms with Gasteiger partial charge in [-0.15, -0.1) is 11.3 Å². The summed E-state index contributed by atoms with van der Waals surface area (Å²) in [6, 6.07) is 2.21. The van der Waals surface area contributed by atoms with E-state index in [9.17, 15) is 0 Å². The highest BCUT2D eigenvalue weighted by Gasteiger charge is 2.18. The van der Waals surface area contributed by atoms with Crippen molar-refractivity contribution in [3.63, 3.8) is 0 Å². The predicted octanol–water partition coefficient (Wildman–Crippen LogP) is 1.71. The van der Waals surface area contributed by atoms with Crippen molar-refractivity contribution in [1.29, 1.82) is 0 Å². The largest absolute Gasteiger partial charge is 0.316 e. The van der Waals surface area contributed by atoms with Crippen molar-refractivity contribution in [3.8, 4) is 0 Å². The van der Waals surface area contributed by atoms with Gasteiger partial charge in [0.15, 0.2) is 0 Å². The first-order valence-corrected chi connectivity index (χ1v) is 6.06. The number of hydrogen-bond acceptors (Lipinski definition) is 3. The predicted molar refractivity (Wildman–Crippen MR) is 61.7 cm³/mol. The van der Waals surface area contributed by atoms with Gasteiger partial charge in [0.05, 0.1) is 0 Å². The summed E-state index contributed by atoms with van der Waals surface area (Å²) in [4.78, 5) is 3.95. The zero-order valence-electron chi connectivity index (χ0n) is 8.92. The average Bonchev–Trinajstić information content (AvgIpc) is 2.45. The molecule has 0 saturated carbocycles. The molecule has 0 radical (unpaired) electrons. The van der Waals surface area contributed by atoms with Gasteiger partial charge >= 0.3 is 0 Å². The van der Waals surface area contributed by atoms with Crippen LogP contribution in [0.1, 0.15) is 10.4 Å². The molecule has 1 aliphatic heterocycles. The van der Waals surface area contributed by atoms with Crippen molar-refractivity contribution in [2.75, 3.05) is 26.7 Å². The average molecular weight is 210 g/mol. The second-order valence-electron chi connectivity index (χ2n) is 4.25. The Morgan fingerprint density at radius 2 is 2.36 bits per heavy atom. The number of rotatable bonds is 4. The molecular weight excluding hydrogens is 192 g/mol. The number of thiophene rings is 1. The van der Waals surface area contributed by atoms with Crippen LogP contribution in [-0.2, 0) is 6.54 Å². The maximum absolute atomic E-state index is 3.31. The van der Waals surface area contributed by atoms with E-state index in [1.165, 1.54) is 30.1 Å². The summed E-state index contributed by atoms with van der Waals surface area (Å²) >= 11 is 1.87. The molecule has 1 fully saturated rings. The van der Waals surface area contributed by atoms with E-state index >= 15 is 0 Å². The Morgan fingerprint density at radius 1 is 1.57 bits per heavy atom. The van der Waals surface area contributed by atoms with E-state index in [0.29, 0.717) is 0 Å². The van der Waals surface area contributed by atoms with E-state index in [-0.39, 0.29) is 0 Å². The Hall–Kier alpha value is -0.380. The van der Waals surface area contributed by atoms with E-state index in [1.54, 1.807) is 0 Å². The molecule has 1 saturated heterocycles. The van der Waals surface area contributed by atoms with E-state index in [2.05, 4.69) is 35.6 Å². The fourth-order valence-corrected chi connectivity index (χ4v) is 2.78.